The number of benzene rings is 1. The predicted molar refractivity (Wildman–Crippen MR) is 80.1 cm³/mol. The summed E-state index contributed by atoms with van der Waals surface area (Å²) in [5, 5.41) is 0. The van der Waals surface area contributed by atoms with E-state index < -0.39 is 10.0 Å². The SMILES string of the molecule is CC1CC(C)N(S(=O)(=O)CCOc2cccc(N)c2)C1. The van der Waals surface area contributed by atoms with E-state index in [1.165, 1.54) is 0 Å². The van der Waals surface area contributed by atoms with E-state index in [2.05, 4.69) is 6.92 Å². The summed E-state index contributed by atoms with van der Waals surface area (Å²) in [7, 11) is -3.25. The summed E-state index contributed by atoms with van der Waals surface area (Å²) in [5.41, 5.74) is 6.25. The maximum atomic E-state index is 12.3. The van der Waals surface area contributed by atoms with Crippen molar-refractivity contribution in [2.75, 3.05) is 24.6 Å². The lowest BCUT2D eigenvalue weighted by Crippen LogP contribution is -2.37. The second kappa shape index (κ2) is 6.01. The van der Waals surface area contributed by atoms with E-state index in [0.717, 1.165) is 6.42 Å². The van der Waals surface area contributed by atoms with Crippen LogP contribution in [0, 0.1) is 5.92 Å². The highest BCUT2D eigenvalue weighted by Gasteiger charge is 2.34. The highest BCUT2D eigenvalue weighted by atomic mass is 32.2. The summed E-state index contributed by atoms with van der Waals surface area (Å²) in [5.74, 6) is 1.02. The summed E-state index contributed by atoms with van der Waals surface area (Å²) in [6.07, 6.45) is 0.926. The molecule has 6 heteroatoms. The highest BCUT2D eigenvalue weighted by Crippen LogP contribution is 2.25. The van der Waals surface area contributed by atoms with Gasteiger partial charge in [0.15, 0.2) is 0 Å². The molecule has 0 aliphatic carbocycles. The fourth-order valence-electron chi connectivity index (χ4n) is 2.64. The molecular formula is C14H22N2O3S. The molecule has 1 fully saturated rings. The minimum atomic E-state index is -3.25. The van der Waals surface area contributed by atoms with E-state index in [9.17, 15) is 8.42 Å². The van der Waals surface area contributed by atoms with Gasteiger partial charge in [-0.2, -0.15) is 4.31 Å². The molecule has 0 aromatic heterocycles. The van der Waals surface area contributed by atoms with Crippen molar-refractivity contribution in [3.63, 3.8) is 0 Å². The monoisotopic (exact) mass is 298 g/mol. The molecule has 112 valence electrons. The third-order valence-corrected chi connectivity index (χ3v) is 5.46. The minimum Gasteiger partial charge on any atom is -0.492 e. The predicted octanol–water partition coefficient (Wildman–Crippen LogP) is 1.71. The zero-order chi connectivity index (χ0) is 14.8. The minimum absolute atomic E-state index is 0.00113. The highest BCUT2D eigenvalue weighted by molar-refractivity contribution is 7.89. The number of nitrogens with zero attached hydrogens (tertiary/aromatic N) is 1. The van der Waals surface area contributed by atoms with Crippen molar-refractivity contribution in [2.45, 2.75) is 26.3 Å². The van der Waals surface area contributed by atoms with E-state index in [0.29, 0.717) is 23.9 Å². The van der Waals surface area contributed by atoms with Crippen LogP contribution in [0.25, 0.3) is 0 Å². The van der Waals surface area contributed by atoms with E-state index in [4.69, 9.17) is 10.5 Å². The molecule has 20 heavy (non-hydrogen) atoms. The van der Waals surface area contributed by atoms with Crippen molar-refractivity contribution < 1.29 is 13.2 Å². The van der Waals surface area contributed by atoms with Crippen LogP contribution in [0.3, 0.4) is 0 Å². The lowest BCUT2D eigenvalue weighted by Gasteiger charge is -2.21. The van der Waals surface area contributed by atoms with Gasteiger partial charge >= 0.3 is 0 Å². The Morgan fingerprint density at radius 2 is 2.15 bits per heavy atom. The summed E-state index contributed by atoms with van der Waals surface area (Å²) in [6, 6.07) is 7.08. The topological polar surface area (TPSA) is 72.6 Å². The molecule has 5 nitrogen and oxygen atoms in total. The number of anilines is 1. The summed E-state index contributed by atoms with van der Waals surface area (Å²) < 4.78 is 31.6. The fraction of sp³-hybridized carbons (Fsp3) is 0.571. The molecule has 0 bridgehead atoms. The van der Waals surface area contributed by atoms with Crippen LogP contribution in [0.1, 0.15) is 20.3 Å². The van der Waals surface area contributed by atoms with E-state index in [1.54, 1.807) is 28.6 Å². The molecule has 1 aromatic carbocycles. The molecule has 1 aliphatic heterocycles. The fourth-order valence-corrected chi connectivity index (χ4v) is 4.28. The first-order valence-electron chi connectivity index (χ1n) is 6.86. The number of nitrogen functional groups attached to an aromatic ring is 1. The quantitative estimate of drug-likeness (QED) is 0.840. The smallest absolute Gasteiger partial charge is 0.217 e. The van der Waals surface area contributed by atoms with Gasteiger partial charge in [0.05, 0.1) is 5.75 Å². The Kier molecular flexibility index (Phi) is 4.55. The van der Waals surface area contributed by atoms with Gasteiger partial charge in [-0.3, -0.25) is 0 Å². The molecule has 0 saturated carbocycles. The van der Waals surface area contributed by atoms with Crippen LogP contribution in [0.5, 0.6) is 5.75 Å². The number of ether oxygens (including phenoxy) is 1. The van der Waals surface area contributed by atoms with Crippen LogP contribution < -0.4 is 10.5 Å². The van der Waals surface area contributed by atoms with Gasteiger partial charge in [-0.05, 0) is 31.4 Å². The van der Waals surface area contributed by atoms with Crippen molar-refractivity contribution in [3.8, 4) is 5.75 Å². The zero-order valence-corrected chi connectivity index (χ0v) is 12.8. The first kappa shape index (κ1) is 15.1. The second-order valence-corrected chi connectivity index (χ2v) is 7.54. The maximum Gasteiger partial charge on any atom is 0.217 e. The lowest BCUT2D eigenvalue weighted by atomic mass is 10.1. The van der Waals surface area contributed by atoms with Gasteiger partial charge < -0.3 is 10.5 Å². The Hall–Kier alpha value is -1.27. The third kappa shape index (κ3) is 3.64. The Morgan fingerprint density at radius 3 is 2.75 bits per heavy atom. The molecule has 0 spiro atoms. The molecule has 1 heterocycles. The number of hydrogen-bond acceptors (Lipinski definition) is 4. The molecule has 1 saturated heterocycles. The van der Waals surface area contributed by atoms with Gasteiger partial charge in [-0.25, -0.2) is 8.42 Å². The average Bonchev–Trinajstić information content (AvgIpc) is 2.69. The Balaban J connectivity index is 1.90. The van der Waals surface area contributed by atoms with Crippen LogP contribution >= 0.6 is 0 Å². The largest absolute Gasteiger partial charge is 0.492 e. The van der Waals surface area contributed by atoms with Crippen LogP contribution in [-0.4, -0.2) is 37.7 Å². The van der Waals surface area contributed by atoms with Crippen LogP contribution in [0.15, 0.2) is 24.3 Å². The Bertz CT molecular complexity index is 559. The van der Waals surface area contributed by atoms with Gasteiger partial charge in [0.1, 0.15) is 12.4 Å². The van der Waals surface area contributed by atoms with Gasteiger partial charge in [0.2, 0.25) is 10.0 Å². The molecule has 2 N–H and O–H groups in total. The second-order valence-electron chi connectivity index (χ2n) is 5.50. The van der Waals surface area contributed by atoms with E-state index >= 15 is 0 Å². The molecule has 1 aromatic rings. The number of nitrogens with two attached hydrogens (primary N) is 1. The standard InChI is InChI=1S/C14H22N2O3S/c1-11-8-12(2)16(10-11)20(17,18)7-6-19-14-5-3-4-13(15)9-14/h3-5,9,11-12H,6-8,10,15H2,1-2H3. The van der Waals surface area contributed by atoms with Gasteiger partial charge in [-0.15, -0.1) is 0 Å². The molecule has 2 unspecified atom stereocenters. The van der Waals surface area contributed by atoms with Crippen LogP contribution in [0.2, 0.25) is 0 Å². The summed E-state index contributed by atoms with van der Waals surface area (Å²) in [4.78, 5) is 0. The molecule has 2 atom stereocenters. The molecule has 0 radical (unpaired) electrons. The molecule has 2 rings (SSSR count). The van der Waals surface area contributed by atoms with Gasteiger partial charge in [0, 0.05) is 24.3 Å². The van der Waals surface area contributed by atoms with Crippen molar-refractivity contribution >= 4 is 15.7 Å². The Labute approximate surface area is 120 Å². The Morgan fingerprint density at radius 1 is 1.40 bits per heavy atom. The maximum absolute atomic E-state index is 12.3. The van der Waals surface area contributed by atoms with E-state index in [1.807, 2.05) is 6.92 Å². The van der Waals surface area contributed by atoms with Crippen LogP contribution in [0.4, 0.5) is 5.69 Å². The van der Waals surface area contributed by atoms with Crippen LogP contribution in [-0.2, 0) is 10.0 Å². The summed E-state index contributed by atoms with van der Waals surface area (Å²) >= 11 is 0. The van der Waals surface area contributed by atoms with Gasteiger partial charge in [0.25, 0.3) is 0 Å². The number of rotatable bonds is 5. The normalized spacial score (nSPS) is 23.9. The first-order chi connectivity index (χ1) is 9.38. The lowest BCUT2D eigenvalue weighted by molar-refractivity contribution is 0.333. The number of sulfonamides is 1. The van der Waals surface area contributed by atoms with Crippen molar-refractivity contribution in [3.05, 3.63) is 24.3 Å². The zero-order valence-electron chi connectivity index (χ0n) is 12.0. The molecular weight excluding hydrogens is 276 g/mol. The molecule has 1 aliphatic rings. The van der Waals surface area contributed by atoms with Crippen molar-refractivity contribution in [1.29, 1.82) is 0 Å². The number of hydrogen-bond donors (Lipinski definition) is 1. The summed E-state index contributed by atoms with van der Waals surface area (Å²) in [6.45, 7) is 4.79. The first-order valence-corrected chi connectivity index (χ1v) is 8.47. The third-order valence-electron chi connectivity index (χ3n) is 3.55. The van der Waals surface area contributed by atoms with Crippen molar-refractivity contribution in [2.24, 2.45) is 5.92 Å². The molecule has 0 amide bonds. The van der Waals surface area contributed by atoms with E-state index in [-0.39, 0.29) is 18.4 Å². The average molecular weight is 298 g/mol. The van der Waals surface area contributed by atoms with Crippen molar-refractivity contribution in [1.82, 2.24) is 4.31 Å². The van der Waals surface area contributed by atoms with Gasteiger partial charge in [-0.1, -0.05) is 13.0 Å².